The smallest absolute Gasteiger partial charge is 0.306 e. The molecule has 0 bridgehead atoms. The zero-order valence-electron chi connectivity index (χ0n) is 48.3. The number of carbonyl (C=O) groups excluding carboxylic acids is 3. The van der Waals surface area contributed by atoms with Crippen molar-refractivity contribution in [3.63, 3.8) is 0 Å². The number of carboxylic acid groups (broad SMARTS) is 1. The average molecular weight is 1020 g/mol. The maximum absolute atomic E-state index is 12.9. The molecule has 9 heteroatoms. The molecule has 9 nitrogen and oxygen atoms in total. The number of nitrogens with zero attached hydrogens (tertiary/aromatic N) is 1. The molecule has 424 valence electrons. The van der Waals surface area contributed by atoms with E-state index in [4.69, 9.17) is 18.9 Å². The number of hydrogen-bond acceptors (Lipinski definition) is 8. The van der Waals surface area contributed by atoms with Gasteiger partial charge in [0.05, 0.1) is 40.3 Å². The molecule has 0 amide bonds. The minimum Gasteiger partial charge on any atom is -0.545 e. The summed E-state index contributed by atoms with van der Waals surface area (Å²) in [5, 5.41) is 11.8. The number of likely N-dealkylation sites (N-methyl/N-ethyl adjacent to an activating group) is 1. The largest absolute Gasteiger partial charge is 0.545 e. The van der Waals surface area contributed by atoms with Crippen LogP contribution < -0.4 is 5.11 Å². The van der Waals surface area contributed by atoms with Gasteiger partial charge in [-0.3, -0.25) is 9.59 Å². The van der Waals surface area contributed by atoms with Gasteiger partial charge in [0.15, 0.2) is 12.4 Å². The molecule has 0 aromatic carbocycles. The van der Waals surface area contributed by atoms with E-state index in [1.54, 1.807) is 0 Å². The van der Waals surface area contributed by atoms with Gasteiger partial charge in [0.25, 0.3) is 0 Å². The second-order valence-corrected chi connectivity index (χ2v) is 22.4. The molecule has 2 unspecified atom stereocenters. The van der Waals surface area contributed by atoms with Gasteiger partial charge in [-0.25, -0.2) is 0 Å². The topological polar surface area (TPSA) is 111 Å². The number of quaternary nitrogens is 1. The number of carbonyl (C=O) groups is 3. The molecule has 0 N–H and O–H groups in total. The highest BCUT2D eigenvalue weighted by Gasteiger charge is 2.22. The molecule has 72 heavy (non-hydrogen) atoms. The number of ether oxygens (including phenoxy) is 4. The van der Waals surface area contributed by atoms with Gasteiger partial charge in [0, 0.05) is 12.8 Å². The van der Waals surface area contributed by atoms with E-state index >= 15 is 0 Å². The van der Waals surface area contributed by atoms with Gasteiger partial charge in [-0.2, -0.15) is 0 Å². The maximum Gasteiger partial charge on any atom is 0.306 e. The Morgan fingerprint density at radius 2 is 0.750 bits per heavy atom. The zero-order valence-corrected chi connectivity index (χ0v) is 48.3. The number of allylic oxidation sites excluding steroid dienone is 4. The first-order chi connectivity index (χ1) is 35.1. The van der Waals surface area contributed by atoms with Crippen molar-refractivity contribution in [1.82, 2.24) is 0 Å². The molecule has 0 saturated heterocycles. The number of unbranched alkanes of at least 4 members (excludes halogenated alkanes) is 39. The third kappa shape index (κ3) is 55.5. The standard InChI is InChI=1S/C63H119NO8/c1-6-8-10-12-14-16-18-20-22-24-26-27-28-29-30-31-32-33-34-35-36-38-40-42-44-46-48-50-52-54-61(66)72-59(58-71-63(62(67)68)69-56-55-64(3,4)5)57-70-60(65)53-51-49-47-45-43-41-39-37-25-23-21-19-17-15-13-11-9-7-2/h18,20,24,26,59,63H,6-17,19,21-23,25,27-58H2,1-5H3/b20-18-,26-24-. The zero-order chi connectivity index (χ0) is 52.7. The monoisotopic (exact) mass is 1020 g/mol. The van der Waals surface area contributed by atoms with Crippen LogP contribution in [0.15, 0.2) is 24.3 Å². The van der Waals surface area contributed by atoms with Crippen molar-refractivity contribution in [2.45, 2.75) is 315 Å². The van der Waals surface area contributed by atoms with Crippen LogP contribution in [-0.2, 0) is 33.3 Å². The van der Waals surface area contributed by atoms with E-state index < -0.39 is 24.3 Å². The number of rotatable bonds is 58. The van der Waals surface area contributed by atoms with Crippen LogP contribution >= 0.6 is 0 Å². The van der Waals surface area contributed by atoms with E-state index in [0.29, 0.717) is 17.4 Å². The first kappa shape index (κ1) is 69.8. The van der Waals surface area contributed by atoms with Gasteiger partial charge in [-0.05, 0) is 44.9 Å². The summed E-state index contributed by atoms with van der Waals surface area (Å²) in [5.41, 5.74) is 0. The normalized spacial score (nSPS) is 12.8. The fourth-order valence-electron chi connectivity index (χ4n) is 9.16. The van der Waals surface area contributed by atoms with Crippen molar-refractivity contribution in [2.75, 3.05) is 47.5 Å². The molecule has 0 aromatic rings. The van der Waals surface area contributed by atoms with Crippen molar-refractivity contribution >= 4 is 17.9 Å². The van der Waals surface area contributed by atoms with Crippen LogP contribution in [0.3, 0.4) is 0 Å². The molecule has 0 heterocycles. The fraction of sp³-hybridized carbons (Fsp3) is 0.889. The van der Waals surface area contributed by atoms with Crippen molar-refractivity contribution < 1.29 is 42.9 Å². The maximum atomic E-state index is 12.9. The van der Waals surface area contributed by atoms with Gasteiger partial charge in [-0.1, -0.05) is 269 Å². The lowest BCUT2D eigenvalue weighted by Gasteiger charge is -2.26. The Labute approximate surface area is 446 Å². The Kier molecular flexibility index (Phi) is 53.3. The van der Waals surface area contributed by atoms with E-state index in [2.05, 4.69) is 38.2 Å². The van der Waals surface area contributed by atoms with E-state index in [0.717, 1.165) is 44.9 Å². The molecular formula is C63H119NO8. The van der Waals surface area contributed by atoms with Crippen molar-refractivity contribution in [3.05, 3.63) is 24.3 Å². The third-order valence-electron chi connectivity index (χ3n) is 14.0. The number of aliphatic carboxylic acids is 1. The van der Waals surface area contributed by atoms with Crippen molar-refractivity contribution in [3.8, 4) is 0 Å². The number of esters is 2. The molecule has 0 aliphatic carbocycles. The lowest BCUT2D eigenvalue weighted by molar-refractivity contribution is -0.870. The second kappa shape index (κ2) is 55.0. The Balaban J connectivity index is 4.13. The minimum atomic E-state index is -1.62. The summed E-state index contributed by atoms with van der Waals surface area (Å²) in [5.74, 6) is -2.26. The van der Waals surface area contributed by atoms with Gasteiger partial charge in [0.1, 0.15) is 13.2 Å². The SMILES string of the molecule is CCCCCCC/C=C\C/C=C\CCCCCCCCCCCCCCCCCCCC(=O)OC(COC(=O)CCCCCCCCCCCCCCCCCCCC)COC(OCC[N+](C)(C)C)C(=O)[O-]. The van der Waals surface area contributed by atoms with Crippen LogP contribution in [0, 0.1) is 0 Å². The molecule has 0 aliphatic heterocycles. The molecule has 0 rings (SSSR count). The van der Waals surface area contributed by atoms with E-state index in [-0.39, 0.29) is 32.2 Å². The Bertz CT molecular complexity index is 1230. The van der Waals surface area contributed by atoms with E-state index in [1.165, 1.54) is 231 Å². The quantitative estimate of drug-likeness (QED) is 0.0195. The van der Waals surface area contributed by atoms with E-state index in [1.807, 2.05) is 21.1 Å². The lowest BCUT2D eigenvalue weighted by atomic mass is 10.0. The predicted octanol–water partition coefficient (Wildman–Crippen LogP) is 17.0. The third-order valence-corrected chi connectivity index (χ3v) is 14.0. The Morgan fingerprint density at radius 3 is 1.10 bits per heavy atom. The van der Waals surface area contributed by atoms with Gasteiger partial charge >= 0.3 is 11.9 Å². The Hall–Kier alpha value is -2.23. The summed E-state index contributed by atoms with van der Waals surface area (Å²) in [4.78, 5) is 37.3. The fourth-order valence-corrected chi connectivity index (χ4v) is 9.16. The summed E-state index contributed by atoms with van der Waals surface area (Å²) in [6, 6.07) is 0. The molecule has 0 aliphatic rings. The molecular weight excluding hydrogens is 899 g/mol. The first-order valence-electron chi connectivity index (χ1n) is 31.0. The van der Waals surface area contributed by atoms with Gasteiger partial charge in [-0.15, -0.1) is 0 Å². The average Bonchev–Trinajstić information content (AvgIpc) is 3.35. The van der Waals surface area contributed by atoms with Gasteiger partial charge < -0.3 is 33.3 Å². The molecule has 0 aromatic heterocycles. The summed E-state index contributed by atoms with van der Waals surface area (Å²) in [6.45, 7) is 4.79. The number of carboxylic acids is 1. The van der Waals surface area contributed by atoms with Crippen LogP contribution in [-0.4, -0.2) is 82.3 Å². The molecule has 2 atom stereocenters. The van der Waals surface area contributed by atoms with Crippen LogP contribution in [0.4, 0.5) is 0 Å². The highest BCUT2D eigenvalue weighted by atomic mass is 16.7. The van der Waals surface area contributed by atoms with Crippen LogP contribution in [0.2, 0.25) is 0 Å². The highest BCUT2D eigenvalue weighted by molar-refractivity contribution is 5.70. The van der Waals surface area contributed by atoms with Crippen LogP contribution in [0.25, 0.3) is 0 Å². The van der Waals surface area contributed by atoms with Crippen LogP contribution in [0.1, 0.15) is 303 Å². The summed E-state index contributed by atoms with van der Waals surface area (Å²) >= 11 is 0. The predicted molar refractivity (Wildman–Crippen MR) is 302 cm³/mol. The summed E-state index contributed by atoms with van der Waals surface area (Å²) in [7, 11) is 5.94. The summed E-state index contributed by atoms with van der Waals surface area (Å²) in [6.07, 6.45) is 62.3. The lowest BCUT2D eigenvalue weighted by Crippen LogP contribution is -2.44. The molecule has 0 saturated carbocycles. The van der Waals surface area contributed by atoms with E-state index in [9.17, 15) is 19.5 Å². The van der Waals surface area contributed by atoms with Gasteiger partial charge in [0.2, 0.25) is 0 Å². The van der Waals surface area contributed by atoms with Crippen molar-refractivity contribution in [1.29, 1.82) is 0 Å². The minimum absolute atomic E-state index is 0.151. The number of hydrogen-bond donors (Lipinski definition) is 0. The molecule has 0 spiro atoms. The first-order valence-corrected chi connectivity index (χ1v) is 31.0. The summed E-state index contributed by atoms with van der Waals surface area (Å²) < 4.78 is 22.7. The Morgan fingerprint density at radius 1 is 0.417 bits per heavy atom. The second-order valence-electron chi connectivity index (χ2n) is 22.4. The molecule has 0 fully saturated rings. The highest BCUT2D eigenvalue weighted by Crippen LogP contribution is 2.18. The molecule has 0 radical (unpaired) electrons. The van der Waals surface area contributed by atoms with Crippen molar-refractivity contribution in [2.24, 2.45) is 0 Å². The van der Waals surface area contributed by atoms with Crippen LogP contribution in [0.5, 0.6) is 0 Å².